The second-order valence-corrected chi connectivity index (χ2v) is 7.60. The Bertz CT molecular complexity index is 454. The molecule has 0 aliphatic heterocycles. The largest absolute Gasteiger partial charge is 0.367 e. The third kappa shape index (κ3) is 5.89. The van der Waals surface area contributed by atoms with E-state index in [2.05, 4.69) is 8.37 Å². The van der Waals surface area contributed by atoms with Crippen molar-refractivity contribution in [2.24, 2.45) is 0 Å². The van der Waals surface area contributed by atoms with Gasteiger partial charge in [0.2, 0.25) is 0 Å². The molecule has 0 saturated carbocycles. The van der Waals surface area contributed by atoms with E-state index in [1.807, 2.05) is 0 Å². The van der Waals surface area contributed by atoms with Gasteiger partial charge in [0.1, 0.15) is 0 Å². The Balaban J connectivity index is 4.03. The Labute approximate surface area is 114 Å². The minimum atomic E-state index is -5.05. The summed E-state index contributed by atoms with van der Waals surface area (Å²) >= 11 is 0. The number of alkyl halides is 4. The van der Waals surface area contributed by atoms with Crippen LogP contribution in [0.2, 0.25) is 0 Å². The highest BCUT2D eigenvalue weighted by Gasteiger charge is 2.41. The summed E-state index contributed by atoms with van der Waals surface area (Å²) in [4.78, 5) is 0. The van der Waals surface area contributed by atoms with E-state index in [1.165, 1.54) is 0 Å². The van der Waals surface area contributed by atoms with Crippen molar-refractivity contribution in [2.75, 3.05) is 13.2 Å². The smallest absolute Gasteiger partial charge is 0.266 e. The Morgan fingerprint density at radius 3 is 1.20 bits per heavy atom. The maximum atomic E-state index is 12.5. The van der Waals surface area contributed by atoms with Crippen molar-refractivity contribution >= 4 is 20.2 Å². The molecular weight excluding hydrogens is 332 g/mol. The molecule has 20 heavy (non-hydrogen) atoms. The zero-order valence-corrected chi connectivity index (χ0v) is 12.2. The van der Waals surface area contributed by atoms with Gasteiger partial charge in [0.05, 0.1) is 13.2 Å². The van der Waals surface area contributed by atoms with Crippen molar-refractivity contribution < 1.29 is 42.8 Å². The fraction of sp³-hybridized carbons (Fsp3) is 1.00. The van der Waals surface area contributed by atoms with Gasteiger partial charge in [-0.25, -0.2) is 0 Å². The summed E-state index contributed by atoms with van der Waals surface area (Å²) < 4.78 is 101. The van der Waals surface area contributed by atoms with Crippen molar-refractivity contribution in [1.29, 1.82) is 0 Å². The number of hydrogen-bond acceptors (Lipinski definition) is 6. The van der Waals surface area contributed by atoms with Gasteiger partial charge in [-0.15, -0.1) is 0 Å². The van der Waals surface area contributed by atoms with E-state index in [1.54, 1.807) is 0 Å². The molecule has 0 spiro atoms. The van der Waals surface area contributed by atoms with Crippen LogP contribution in [0, 0.1) is 0 Å². The van der Waals surface area contributed by atoms with Gasteiger partial charge in [0, 0.05) is 13.8 Å². The van der Waals surface area contributed by atoms with E-state index in [0.29, 0.717) is 0 Å². The first-order valence-corrected chi connectivity index (χ1v) is 8.06. The van der Waals surface area contributed by atoms with Gasteiger partial charge in [0.15, 0.2) is 0 Å². The van der Waals surface area contributed by atoms with Crippen LogP contribution >= 0.6 is 0 Å². The second-order valence-electron chi connectivity index (χ2n) is 3.87. The molecule has 122 valence electrons. The maximum Gasteiger partial charge on any atom is 0.367 e. The zero-order chi connectivity index (χ0) is 16.2. The van der Waals surface area contributed by atoms with Gasteiger partial charge < -0.3 is 0 Å². The van der Waals surface area contributed by atoms with E-state index < -0.39 is 44.0 Å². The van der Waals surface area contributed by atoms with Gasteiger partial charge in [-0.1, -0.05) is 0 Å². The molecule has 0 unspecified atom stereocenters. The summed E-state index contributed by atoms with van der Waals surface area (Å²) in [6.45, 7) is -1.00. The molecule has 0 radical (unpaired) electrons. The molecule has 0 fully saturated rings. The lowest BCUT2D eigenvalue weighted by Gasteiger charge is -2.12. The first-order valence-electron chi connectivity index (χ1n) is 5.24. The summed E-state index contributed by atoms with van der Waals surface area (Å²) in [5.41, 5.74) is 0. The van der Waals surface area contributed by atoms with Crippen molar-refractivity contribution in [3.05, 3.63) is 0 Å². The topological polar surface area (TPSA) is 86.7 Å². The Kier molecular flexibility index (Phi) is 6.39. The normalized spacial score (nSPS) is 14.5. The van der Waals surface area contributed by atoms with E-state index in [0.717, 1.165) is 0 Å². The fourth-order valence-corrected chi connectivity index (χ4v) is 1.84. The molecule has 0 heterocycles. The zero-order valence-electron chi connectivity index (χ0n) is 10.6. The van der Waals surface area contributed by atoms with Crippen LogP contribution in [0.1, 0.15) is 26.7 Å². The molecule has 12 heteroatoms. The monoisotopic (exact) mass is 346 g/mol. The standard InChI is InChI=1S/C8H14F4O6S2/c1-7(9,10)19(13,14)17-5-3-4-6-18-20(15,16)8(2,11)12/h3-6H2,1-2H3. The first-order chi connectivity index (χ1) is 8.71. The molecule has 0 N–H and O–H groups in total. The molecule has 0 aromatic heterocycles. The number of hydrogen-bond donors (Lipinski definition) is 0. The minimum absolute atomic E-state index is 0.140. The highest BCUT2D eigenvalue weighted by molar-refractivity contribution is 7.88. The molecule has 0 aromatic rings. The van der Waals surface area contributed by atoms with Crippen LogP contribution in [0.4, 0.5) is 17.6 Å². The molecular formula is C8H14F4O6S2. The van der Waals surface area contributed by atoms with Crippen molar-refractivity contribution in [1.82, 2.24) is 0 Å². The molecule has 0 bridgehead atoms. The highest BCUT2D eigenvalue weighted by atomic mass is 32.2. The van der Waals surface area contributed by atoms with Crippen LogP contribution < -0.4 is 0 Å². The average Bonchev–Trinajstić information content (AvgIpc) is 2.19. The summed E-state index contributed by atoms with van der Waals surface area (Å²) in [5, 5.41) is -8.12. The molecule has 0 atom stereocenters. The quantitative estimate of drug-likeness (QED) is 0.359. The van der Waals surface area contributed by atoms with Crippen LogP contribution in [0.3, 0.4) is 0 Å². The van der Waals surface area contributed by atoms with Gasteiger partial charge in [-0.3, -0.25) is 8.37 Å². The third-order valence-corrected chi connectivity index (χ3v) is 4.60. The lowest BCUT2D eigenvalue weighted by molar-refractivity contribution is 0.0895. The minimum Gasteiger partial charge on any atom is -0.266 e. The second kappa shape index (κ2) is 6.54. The van der Waals surface area contributed by atoms with Gasteiger partial charge >= 0.3 is 30.7 Å². The Hall–Kier alpha value is -0.460. The summed E-state index contributed by atoms with van der Waals surface area (Å²) in [5.74, 6) is 0. The number of unbranched alkanes of at least 4 members (excludes halogenated alkanes) is 1. The molecule has 0 aliphatic rings. The van der Waals surface area contributed by atoms with E-state index in [9.17, 15) is 34.4 Å². The number of halogens is 4. The summed E-state index contributed by atoms with van der Waals surface area (Å²) in [6, 6.07) is 0. The van der Waals surface area contributed by atoms with Crippen LogP contribution in [-0.2, 0) is 28.6 Å². The fourth-order valence-electron chi connectivity index (χ4n) is 0.748. The average molecular weight is 346 g/mol. The van der Waals surface area contributed by atoms with Crippen molar-refractivity contribution in [2.45, 2.75) is 37.2 Å². The lowest BCUT2D eigenvalue weighted by Crippen LogP contribution is -2.28. The highest BCUT2D eigenvalue weighted by Crippen LogP contribution is 2.23. The summed E-state index contributed by atoms with van der Waals surface area (Å²) in [6.07, 6.45) is -0.333. The Morgan fingerprint density at radius 2 is 1.00 bits per heavy atom. The van der Waals surface area contributed by atoms with Gasteiger partial charge in [-0.2, -0.15) is 34.4 Å². The third-order valence-electron chi connectivity index (χ3n) is 1.89. The molecule has 0 amide bonds. The molecule has 6 nitrogen and oxygen atoms in total. The summed E-state index contributed by atoms with van der Waals surface area (Å²) in [7, 11) is -10.1. The van der Waals surface area contributed by atoms with Crippen LogP contribution in [0.5, 0.6) is 0 Å². The molecule has 0 saturated heterocycles. The van der Waals surface area contributed by atoms with Crippen LogP contribution in [0.25, 0.3) is 0 Å². The first kappa shape index (κ1) is 19.5. The maximum absolute atomic E-state index is 12.5. The molecule has 0 aliphatic carbocycles. The van der Waals surface area contributed by atoms with Gasteiger partial charge in [-0.05, 0) is 12.8 Å². The molecule has 0 rings (SSSR count). The SMILES string of the molecule is CC(F)(F)S(=O)(=O)OCCCCOS(=O)(=O)C(C)(F)F. The van der Waals surface area contributed by atoms with Crippen molar-refractivity contribution in [3.63, 3.8) is 0 Å². The van der Waals surface area contributed by atoms with Gasteiger partial charge in [0.25, 0.3) is 0 Å². The Morgan fingerprint density at radius 1 is 0.750 bits per heavy atom. The molecule has 0 aromatic carbocycles. The van der Waals surface area contributed by atoms with E-state index in [-0.39, 0.29) is 26.7 Å². The predicted octanol–water partition coefficient (Wildman–Crippen LogP) is 1.68. The van der Waals surface area contributed by atoms with Crippen LogP contribution in [0.15, 0.2) is 0 Å². The number of rotatable bonds is 9. The lowest BCUT2D eigenvalue weighted by atomic mass is 10.3. The van der Waals surface area contributed by atoms with Crippen molar-refractivity contribution in [3.8, 4) is 0 Å². The predicted molar refractivity (Wildman–Crippen MR) is 60.2 cm³/mol. The van der Waals surface area contributed by atoms with E-state index >= 15 is 0 Å². The van der Waals surface area contributed by atoms with E-state index in [4.69, 9.17) is 0 Å². The van der Waals surface area contributed by atoms with Crippen LogP contribution in [-0.4, -0.2) is 40.6 Å².